The zero-order valence-electron chi connectivity index (χ0n) is 18.4. The maximum Gasteiger partial charge on any atom is 0.239 e. The van der Waals surface area contributed by atoms with E-state index in [4.69, 9.17) is 15.6 Å². The Morgan fingerprint density at radius 3 is 2.70 bits per heavy atom. The summed E-state index contributed by atoms with van der Waals surface area (Å²) in [6.45, 7) is 4.11. The smallest absolute Gasteiger partial charge is 0.239 e. The zero-order chi connectivity index (χ0) is 22.6. The maximum absolute atomic E-state index is 11.2. The van der Waals surface area contributed by atoms with Crippen LogP contribution in [-0.2, 0) is 17.8 Å². The van der Waals surface area contributed by atoms with Crippen LogP contribution in [0.15, 0.2) is 54.9 Å². The Morgan fingerprint density at radius 1 is 1.09 bits per heavy atom. The summed E-state index contributed by atoms with van der Waals surface area (Å²) < 4.78 is 9.22. The lowest BCUT2D eigenvalue weighted by Crippen LogP contribution is -2.25. The summed E-state index contributed by atoms with van der Waals surface area (Å²) in [6.07, 6.45) is 6.69. The summed E-state index contributed by atoms with van der Waals surface area (Å²) in [5.41, 5.74) is 8.83. The van der Waals surface area contributed by atoms with E-state index in [2.05, 4.69) is 27.1 Å². The minimum atomic E-state index is -0.436. The molecule has 1 aliphatic heterocycles. The average Bonchev–Trinajstić information content (AvgIpc) is 3.55. The number of hydrogen-bond donors (Lipinski definition) is 1. The molecule has 4 heterocycles. The molecule has 0 aliphatic carbocycles. The Morgan fingerprint density at radius 2 is 1.91 bits per heavy atom. The van der Waals surface area contributed by atoms with Crippen molar-refractivity contribution < 1.29 is 9.53 Å². The number of nitrogens with zero attached hydrogens (tertiary/aromatic N) is 6. The second-order valence-electron chi connectivity index (χ2n) is 8.32. The van der Waals surface area contributed by atoms with Gasteiger partial charge in [-0.1, -0.05) is 18.2 Å². The molecule has 1 amide bonds. The van der Waals surface area contributed by atoms with Gasteiger partial charge < -0.3 is 10.5 Å². The lowest BCUT2D eigenvalue weighted by atomic mass is 10.1. The summed E-state index contributed by atoms with van der Waals surface area (Å²) in [4.78, 5) is 18.3. The highest BCUT2D eigenvalue weighted by atomic mass is 16.5. The predicted octanol–water partition coefficient (Wildman–Crippen LogP) is 2.14. The van der Waals surface area contributed by atoms with Crippen LogP contribution < -0.4 is 10.5 Å². The first-order valence-corrected chi connectivity index (χ1v) is 11.2. The molecule has 9 nitrogen and oxygen atoms in total. The Kier molecular flexibility index (Phi) is 6.03. The first-order valence-electron chi connectivity index (χ1n) is 11.2. The third-order valence-electron chi connectivity index (χ3n) is 5.81. The minimum Gasteiger partial charge on any atom is -0.492 e. The van der Waals surface area contributed by atoms with Crippen molar-refractivity contribution in [3.8, 4) is 17.0 Å². The number of carbonyl (C=O) groups is 1. The van der Waals surface area contributed by atoms with Crippen molar-refractivity contribution in [1.29, 1.82) is 0 Å². The van der Waals surface area contributed by atoms with Gasteiger partial charge in [-0.15, -0.1) is 0 Å². The van der Waals surface area contributed by atoms with Gasteiger partial charge in [0, 0.05) is 24.7 Å². The largest absolute Gasteiger partial charge is 0.492 e. The molecule has 0 radical (unpaired) electrons. The Hall–Kier alpha value is -3.72. The summed E-state index contributed by atoms with van der Waals surface area (Å²) in [5.74, 6) is 1.18. The first kappa shape index (κ1) is 21.1. The second-order valence-corrected chi connectivity index (χ2v) is 8.32. The van der Waals surface area contributed by atoms with Crippen molar-refractivity contribution in [3.63, 3.8) is 0 Å². The van der Waals surface area contributed by atoms with Crippen LogP contribution in [0.4, 0.5) is 0 Å². The third-order valence-corrected chi connectivity index (χ3v) is 5.81. The molecule has 0 spiro atoms. The monoisotopic (exact) mass is 445 g/mol. The molecule has 9 heteroatoms. The Balaban J connectivity index is 1.26. The van der Waals surface area contributed by atoms with Crippen LogP contribution in [0, 0.1) is 0 Å². The van der Waals surface area contributed by atoms with E-state index in [-0.39, 0.29) is 6.54 Å². The molecule has 1 fully saturated rings. The number of likely N-dealkylation sites (tertiary alicyclic amines) is 1. The van der Waals surface area contributed by atoms with Gasteiger partial charge >= 0.3 is 0 Å². The predicted molar refractivity (Wildman–Crippen MR) is 124 cm³/mol. The molecule has 170 valence electrons. The quantitative estimate of drug-likeness (QED) is 0.423. The van der Waals surface area contributed by atoms with Crippen LogP contribution in [0.25, 0.3) is 16.9 Å². The van der Waals surface area contributed by atoms with Crippen molar-refractivity contribution in [2.75, 3.05) is 26.2 Å². The number of primary amides is 1. The highest BCUT2D eigenvalue weighted by molar-refractivity contribution is 5.73. The lowest BCUT2D eigenvalue weighted by Gasteiger charge is -2.14. The summed E-state index contributed by atoms with van der Waals surface area (Å²) in [5, 5.41) is 8.92. The number of ether oxygens (including phenoxy) is 1. The topological polar surface area (TPSA) is 104 Å². The van der Waals surface area contributed by atoms with Gasteiger partial charge in [-0.3, -0.25) is 14.4 Å². The Bertz CT molecular complexity index is 1240. The van der Waals surface area contributed by atoms with Gasteiger partial charge in [0.15, 0.2) is 11.5 Å². The van der Waals surface area contributed by atoms with Gasteiger partial charge in [0.1, 0.15) is 18.9 Å². The van der Waals surface area contributed by atoms with Gasteiger partial charge in [-0.2, -0.15) is 10.2 Å². The third kappa shape index (κ3) is 5.04. The number of benzene rings is 1. The van der Waals surface area contributed by atoms with Gasteiger partial charge in [0.2, 0.25) is 5.91 Å². The standard InChI is InChI=1S/C24H27N7O2/c25-22(32)17-30-16-19(15-26-30)21-4-3-5-24-27-23(28-31(21)24)14-18-6-8-20(9-7-18)33-13-12-29-10-1-2-11-29/h3-9,15-16H,1-2,10-14,17H2,(H2,25,32). The number of hydrogen-bond acceptors (Lipinski definition) is 6. The second kappa shape index (κ2) is 9.41. The molecule has 3 aromatic heterocycles. The van der Waals surface area contributed by atoms with E-state index in [1.165, 1.54) is 30.6 Å². The molecule has 1 aromatic carbocycles. The van der Waals surface area contributed by atoms with Crippen LogP contribution in [-0.4, -0.2) is 61.4 Å². The SMILES string of the molecule is NC(=O)Cn1cc(-c2cccc3nc(Cc4ccc(OCCN5CCCC5)cc4)nn23)cn1. The van der Waals surface area contributed by atoms with Crippen LogP contribution in [0.1, 0.15) is 24.2 Å². The number of aromatic nitrogens is 5. The fourth-order valence-corrected chi connectivity index (χ4v) is 4.17. The van der Waals surface area contributed by atoms with Crippen molar-refractivity contribution in [2.24, 2.45) is 5.73 Å². The molecule has 1 saturated heterocycles. The van der Waals surface area contributed by atoms with Gasteiger partial charge in [0.05, 0.1) is 11.9 Å². The number of pyridine rings is 1. The molecular formula is C24H27N7O2. The number of fused-ring (bicyclic) bond motifs is 1. The van der Waals surface area contributed by atoms with Crippen molar-refractivity contribution in [2.45, 2.75) is 25.8 Å². The summed E-state index contributed by atoms with van der Waals surface area (Å²) in [6, 6.07) is 13.9. The zero-order valence-corrected chi connectivity index (χ0v) is 18.4. The minimum absolute atomic E-state index is 0.0382. The normalized spacial score (nSPS) is 14.2. The highest BCUT2D eigenvalue weighted by Gasteiger charge is 2.13. The van der Waals surface area contributed by atoms with Crippen LogP contribution in [0.3, 0.4) is 0 Å². The molecule has 4 aromatic rings. The van der Waals surface area contributed by atoms with Crippen molar-refractivity contribution in [1.82, 2.24) is 29.3 Å². The van der Waals surface area contributed by atoms with Gasteiger partial charge in [-0.05, 0) is 55.8 Å². The maximum atomic E-state index is 11.2. The Labute approximate surface area is 191 Å². The van der Waals surface area contributed by atoms with E-state index in [9.17, 15) is 4.79 Å². The average molecular weight is 446 g/mol. The number of amides is 1. The van der Waals surface area contributed by atoms with E-state index in [1.807, 2.05) is 30.3 Å². The molecule has 0 unspecified atom stereocenters. The molecule has 1 aliphatic rings. The van der Waals surface area contributed by atoms with E-state index in [0.29, 0.717) is 13.0 Å². The fraction of sp³-hybridized carbons (Fsp3) is 0.333. The van der Waals surface area contributed by atoms with Gasteiger partial charge in [0.25, 0.3) is 0 Å². The molecule has 2 N–H and O–H groups in total. The van der Waals surface area contributed by atoms with E-state index in [1.54, 1.807) is 16.9 Å². The number of nitrogens with two attached hydrogens (primary N) is 1. The molecule has 0 saturated carbocycles. The molecule has 0 bridgehead atoms. The molecule has 33 heavy (non-hydrogen) atoms. The van der Waals surface area contributed by atoms with E-state index in [0.717, 1.165) is 40.6 Å². The number of carbonyl (C=O) groups excluding carboxylic acids is 1. The number of rotatable bonds is 9. The van der Waals surface area contributed by atoms with Gasteiger partial charge in [-0.25, -0.2) is 9.50 Å². The molecular weight excluding hydrogens is 418 g/mol. The van der Waals surface area contributed by atoms with E-state index < -0.39 is 5.91 Å². The highest BCUT2D eigenvalue weighted by Crippen LogP contribution is 2.21. The summed E-state index contributed by atoms with van der Waals surface area (Å²) in [7, 11) is 0. The molecule has 5 rings (SSSR count). The fourth-order valence-electron chi connectivity index (χ4n) is 4.17. The first-order chi connectivity index (χ1) is 16.1. The van der Waals surface area contributed by atoms with Crippen LogP contribution in [0.2, 0.25) is 0 Å². The van der Waals surface area contributed by atoms with Crippen LogP contribution >= 0.6 is 0 Å². The van der Waals surface area contributed by atoms with E-state index >= 15 is 0 Å². The summed E-state index contributed by atoms with van der Waals surface area (Å²) >= 11 is 0. The lowest BCUT2D eigenvalue weighted by molar-refractivity contribution is -0.118. The van der Waals surface area contributed by atoms with Crippen molar-refractivity contribution in [3.05, 3.63) is 66.2 Å². The van der Waals surface area contributed by atoms with Crippen LogP contribution in [0.5, 0.6) is 5.75 Å². The van der Waals surface area contributed by atoms with Crippen molar-refractivity contribution >= 4 is 11.6 Å². The molecule has 0 atom stereocenters.